The molecule has 0 saturated carbocycles. The number of rotatable bonds is 5. The summed E-state index contributed by atoms with van der Waals surface area (Å²) in [5.41, 5.74) is 2.17. The van der Waals surface area contributed by atoms with Crippen LogP contribution in [0.3, 0.4) is 0 Å². The van der Waals surface area contributed by atoms with E-state index in [1.807, 2.05) is 6.07 Å². The second-order valence-electron chi connectivity index (χ2n) is 4.71. The van der Waals surface area contributed by atoms with Crippen LogP contribution in [0.25, 0.3) is 0 Å². The zero-order valence-electron chi connectivity index (χ0n) is 11.9. The molecule has 2 aromatic rings. The van der Waals surface area contributed by atoms with Gasteiger partial charge in [0.2, 0.25) is 0 Å². The van der Waals surface area contributed by atoms with Gasteiger partial charge in [-0.25, -0.2) is 0 Å². The van der Waals surface area contributed by atoms with Gasteiger partial charge >= 0.3 is 0 Å². The fourth-order valence-electron chi connectivity index (χ4n) is 1.98. The zero-order valence-corrected chi connectivity index (χ0v) is 11.9. The number of nitrogens with zero attached hydrogens (tertiary/aromatic N) is 2. The van der Waals surface area contributed by atoms with Crippen LogP contribution in [0.1, 0.15) is 28.4 Å². The molecule has 0 bridgehead atoms. The summed E-state index contributed by atoms with van der Waals surface area (Å²) in [5, 5.41) is 22.9. The Morgan fingerprint density at radius 2 is 2.09 bits per heavy atom. The Kier molecular flexibility index (Phi) is 4.49. The molecule has 0 radical (unpaired) electrons. The molecule has 2 aromatic carbocycles. The Hall–Kier alpha value is -3.20. The molecule has 6 heteroatoms. The molecule has 0 atom stereocenters. The number of ketones is 1. The second kappa shape index (κ2) is 6.50. The highest BCUT2D eigenvalue weighted by atomic mass is 16.6. The molecule has 6 nitrogen and oxygen atoms in total. The van der Waals surface area contributed by atoms with Gasteiger partial charge in [-0.3, -0.25) is 14.9 Å². The third-order valence-electron chi connectivity index (χ3n) is 3.15. The number of nitriles is 1. The number of hydrogen-bond acceptors (Lipinski definition) is 5. The molecule has 110 valence electrons. The minimum atomic E-state index is -0.458. The minimum absolute atomic E-state index is 0.0114. The van der Waals surface area contributed by atoms with E-state index in [0.717, 1.165) is 0 Å². The molecule has 0 aromatic heterocycles. The molecule has 0 spiro atoms. The normalized spacial score (nSPS) is 9.82. The van der Waals surface area contributed by atoms with Gasteiger partial charge in [0.1, 0.15) is 6.07 Å². The van der Waals surface area contributed by atoms with Crippen LogP contribution in [0.2, 0.25) is 0 Å². The lowest BCUT2D eigenvalue weighted by atomic mass is 10.1. The van der Waals surface area contributed by atoms with Crippen molar-refractivity contribution in [1.29, 1.82) is 5.26 Å². The lowest BCUT2D eigenvalue weighted by Gasteiger charge is -2.09. The number of hydrogen-bond donors (Lipinski definition) is 1. The zero-order chi connectivity index (χ0) is 16.1. The van der Waals surface area contributed by atoms with Gasteiger partial charge < -0.3 is 5.32 Å². The van der Waals surface area contributed by atoms with E-state index in [2.05, 4.69) is 5.32 Å². The van der Waals surface area contributed by atoms with Crippen molar-refractivity contribution < 1.29 is 9.72 Å². The molecular formula is C16H13N3O3. The molecule has 22 heavy (non-hydrogen) atoms. The van der Waals surface area contributed by atoms with Gasteiger partial charge in [0.15, 0.2) is 5.78 Å². The predicted octanol–water partition coefficient (Wildman–Crippen LogP) is 3.28. The van der Waals surface area contributed by atoms with Crippen molar-refractivity contribution in [3.05, 3.63) is 69.3 Å². The van der Waals surface area contributed by atoms with Gasteiger partial charge in [0.25, 0.3) is 5.69 Å². The number of non-ortho nitro benzene ring substituents is 1. The van der Waals surface area contributed by atoms with Crippen molar-refractivity contribution >= 4 is 17.2 Å². The van der Waals surface area contributed by atoms with Gasteiger partial charge in [0, 0.05) is 24.2 Å². The monoisotopic (exact) mass is 295 g/mol. The number of benzene rings is 2. The van der Waals surface area contributed by atoms with Gasteiger partial charge in [-0.1, -0.05) is 12.1 Å². The predicted molar refractivity (Wildman–Crippen MR) is 81.6 cm³/mol. The maximum Gasteiger partial charge on any atom is 0.269 e. The standard InChI is InChI=1S/C16H13N3O3/c1-11(20)13-5-6-14(9-17)16(8-13)18-10-12-3-2-4-15(7-12)19(21)22/h2-8,18H,10H2,1H3. The number of nitrogens with one attached hydrogen (secondary N) is 1. The number of carbonyl (C=O) groups is 1. The summed E-state index contributed by atoms with van der Waals surface area (Å²) in [7, 11) is 0. The number of nitro groups is 1. The summed E-state index contributed by atoms with van der Waals surface area (Å²) < 4.78 is 0. The van der Waals surface area contributed by atoms with Crippen LogP contribution in [-0.2, 0) is 6.54 Å². The fourth-order valence-corrected chi connectivity index (χ4v) is 1.98. The second-order valence-corrected chi connectivity index (χ2v) is 4.71. The van der Waals surface area contributed by atoms with E-state index in [9.17, 15) is 14.9 Å². The van der Waals surface area contributed by atoms with Gasteiger partial charge in [0.05, 0.1) is 16.2 Å². The third-order valence-corrected chi connectivity index (χ3v) is 3.15. The summed E-state index contributed by atoms with van der Waals surface area (Å²) in [6, 6.07) is 13.1. The SMILES string of the molecule is CC(=O)c1ccc(C#N)c(NCc2cccc([N+](=O)[O-])c2)c1. The number of Topliss-reactive ketones (excluding diaryl/α,β-unsaturated/α-hetero) is 1. The number of anilines is 1. The molecule has 0 unspecified atom stereocenters. The smallest absolute Gasteiger partial charge is 0.269 e. The number of nitro benzene ring substituents is 1. The molecule has 1 N–H and O–H groups in total. The van der Waals surface area contributed by atoms with Crippen LogP contribution in [-0.4, -0.2) is 10.7 Å². The van der Waals surface area contributed by atoms with Crippen molar-refractivity contribution in [1.82, 2.24) is 0 Å². The summed E-state index contributed by atoms with van der Waals surface area (Å²) in [6.07, 6.45) is 0. The Balaban J connectivity index is 2.22. The highest BCUT2D eigenvalue weighted by molar-refractivity contribution is 5.95. The van der Waals surface area contributed by atoms with Gasteiger partial charge in [-0.2, -0.15) is 5.26 Å². The van der Waals surface area contributed by atoms with Crippen LogP contribution in [0.5, 0.6) is 0 Å². The summed E-state index contributed by atoms with van der Waals surface area (Å²) in [5.74, 6) is -0.0945. The van der Waals surface area contributed by atoms with E-state index < -0.39 is 4.92 Å². The van der Waals surface area contributed by atoms with Crippen LogP contribution in [0.15, 0.2) is 42.5 Å². The van der Waals surface area contributed by atoms with E-state index in [-0.39, 0.29) is 11.5 Å². The average molecular weight is 295 g/mol. The lowest BCUT2D eigenvalue weighted by Crippen LogP contribution is -2.03. The van der Waals surface area contributed by atoms with Crippen molar-refractivity contribution in [2.45, 2.75) is 13.5 Å². The van der Waals surface area contributed by atoms with Crippen molar-refractivity contribution in [3.8, 4) is 6.07 Å². The molecule has 0 fully saturated rings. The fraction of sp³-hybridized carbons (Fsp3) is 0.125. The molecule has 0 amide bonds. The van der Waals surface area contributed by atoms with E-state index in [1.54, 1.807) is 30.3 Å². The molecule has 2 rings (SSSR count). The first-order valence-corrected chi connectivity index (χ1v) is 6.53. The van der Waals surface area contributed by atoms with Crippen molar-refractivity contribution in [2.75, 3.05) is 5.32 Å². The van der Waals surface area contributed by atoms with Crippen molar-refractivity contribution in [3.63, 3.8) is 0 Å². The van der Waals surface area contributed by atoms with E-state index >= 15 is 0 Å². The van der Waals surface area contributed by atoms with E-state index in [4.69, 9.17) is 5.26 Å². The van der Waals surface area contributed by atoms with E-state index in [0.29, 0.717) is 28.9 Å². The molecular weight excluding hydrogens is 282 g/mol. The van der Waals surface area contributed by atoms with E-state index in [1.165, 1.54) is 19.1 Å². The van der Waals surface area contributed by atoms with Crippen LogP contribution in [0, 0.1) is 21.4 Å². The highest BCUT2D eigenvalue weighted by Crippen LogP contribution is 2.20. The van der Waals surface area contributed by atoms with Crippen molar-refractivity contribution in [2.24, 2.45) is 0 Å². The topological polar surface area (TPSA) is 96.0 Å². The maximum absolute atomic E-state index is 11.4. The quantitative estimate of drug-likeness (QED) is 0.518. The first kappa shape index (κ1) is 15.2. The molecule has 0 saturated heterocycles. The number of carbonyl (C=O) groups excluding carboxylic acids is 1. The lowest BCUT2D eigenvalue weighted by molar-refractivity contribution is -0.384. The molecule has 0 aliphatic heterocycles. The van der Waals surface area contributed by atoms with Gasteiger partial charge in [-0.05, 0) is 30.7 Å². The Bertz CT molecular complexity index is 778. The first-order valence-electron chi connectivity index (χ1n) is 6.53. The summed E-state index contributed by atoms with van der Waals surface area (Å²) in [6.45, 7) is 1.77. The Labute approximate surface area is 127 Å². The summed E-state index contributed by atoms with van der Waals surface area (Å²) in [4.78, 5) is 21.7. The van der Waals surface area contributed by atoms with Crippen LogP contribution in [0.4, 0.5) is 11.4 Å². The van der Waals surface area contributed by atoms with Crippen LogP contribution >= 0.6 is 0 Å². The average Bonchev–Trinajstić information content (AvgIpc) is 2.52. The van der Waals surface area contributed by atoms with Crippen LogP contribution < -0.4 is 5.32 Å². The Morgan fingerprint density at radius 1 is 1.32 bits per heavy atom. The minimum Gasteiger partial charge on any atom is -0.380 e. The van der Waals surface area contributed by atoms with Gasteiger partial charge in [-0.15, -0.1) is 0 Å². The third kappa shape index (κ3) is 3.46. The Morgan fingerprint density at radius 3 is 2.73 bits per heavy atom. The summed E-state index contributed by atoms with van der Waals surface area (Å²) >= 11 is 0. The maximum atomic E-state index is 11.4. The molecule has 0 aliphatic carbocycles. The molecule has 0 aliphatic rings. The largest absolute Gasteiger partial charge is 0.380 e. The molecule has 0 heterocycles. The first-order chi connectivity index (χ1) is 10.5. The highest BCUT2D eigenvalue weighted by Gasteiger charge is 2.08.